The lowest BCUT2D eigenvalue weighted by atomic mass is 9.72. The molecule has 3 aromatic carbocycles. The van der Waals surface area contributed by atoms with Crippen LogP contribution < -0.4 is 0 Å². The molecule has 0 radical (unpaired) electrons. The Hall–Kier alpha value is -3.45. The summed E-state index contributed by atoms with van der Waals surface area (Å²) in [4.78, 5) is 12.8. The van der Waals surface area contributed by atoms with Crippen molar-refractivity contribution in [3.63, 3.8) is 0 Å². The fourth-order valence-corrected chi connectivity index (χ4v) is 4.91. The second-order valence-electron chi connectivity index (χ2n) is 9.03. The van der Waals surface area contributed by atoms with Gasteiger partial charge < -0.3 is 10.1 Å². The summed E-state index contributed by atoms with van der Waals surface area (Å²) >= 11 is 0. The van der Waals surface area contributed by atoms with E-state index in [1.807, 2.05) is 50.2 Å². The van der Waals surface area contributed by atoms with Crippen molar-refractivity contribution in [1.29, 1.82) is 10.7 Å². The number of ether oxygens (including phenoxy) is 1. The molecule has 2 atom stereocenters. The fourth-order valence-electron chi connectivity index (χ4n) is 4.91. The van der Waals surface area contributed by atoms with E-state index in [4.69, 9.17) is 10.1 Å². The maximum Gasteiger partial charge on any atom is 0.168 e. The number of hydrogen-bond acceptors (Lipinski definition) is 4. The van der Waals surface area contributed by atoms with E-state index in [9.17, 15) is 10.1 Å². The monoisotopic (exact) mass is 394 g/mol. The number of allylic oxidation sites excluding steroid dienone is 2. The summed E-state index contributed by atoms with van der Waals surface area (Å²) in [5.74, 6) is -0.356. The highest BCUT2D eigenvalue weighted by molar-refractivity contribution is 6.24. The molecular weight excluding hydrogens is 372 g/mol. The first-order valence-electron chi connectivity index (χ1n) is 10.2. The van der Waals surface area contributed by atoms with Crippen molar-refractivity contribution in [3.8, 4) is 6.07 Å². The molecule has 0 aromatic heterocycles. The molecular formula is C26H22N2O2. The summed E-state index contributed by atoms with van der Waals surface area (Å²) in [5, 5.41) is 22.9. The van der Waals surface area contributed by atoms with Crippen molar-refractivity contribution >= 4 is 33.0 Å². The van der Waals surface area contributed by atoms with Crippen molar-refractivity contribution in [2.24, 2.45) is 11.3 Å². The Morgan fingerprint density at radius 2 is 1.63 bits per heavy atom. The number of ketones is 1. The van der Waals surface area contributed by atoms with Gasteiger partial charge in [0.1, 0.15) is 17.8 Å². The third-order valence-corrected chi connectivity index (χ3v) is 6.22. The Balaban J connectivity index is 1.78. The lowest BCUT2D eigenvalue weighted by molar-refractivity contribution is -0.118. The molecule has 3 aromatic rings. The summed E-state index contributed by atoms with van der Waals surface area (Å²) in [6.45, 7) is 4.08. The number of Topliss-reactive ketones (excluding diaryl/α,β-unsaturated/α-hetero) is 1. The van der Waals surface area contributed by atoms with E-state index in [2.05, 4.69) is 24.3 Å². The van der Waals surface area contributed by atoms with Crippen molar-refractivity contribution in [2.45, 2.75) is 32.8 Å². The van der Waals surface area contributed by atoms with Gasteiger partial charge in [-0.2, -0.15) is 5.26 Å². The zero-order valence-corrected chi connectivity index (χ0v) is 17.0. The summed E-state index contributed by atoms with van der Waals surface area (Å²) in [7, 11) is 0. The number of nitrogens with zero attached hydrogens (tertiary/aromatic N) is 1. The Bertz CT molecular complexity index is 1260. The summed E-state index contributed by atoms with van der Waals surface area (Å²) < 4.78 is 6.47. The van der Waals surface area contributed by atoms with Gasteiger partial charge >= 0.3 is 0 Å². The third-order valence-electron chi connectivity index (χ3n) is 6.22. The number of carbonyl (C=O) groups is 1. The van der Waals surface area contributed by atoms with Crippen molar-refractivity contribution < 1.29 is 9.53 Å². The van der Waals surface area contributed by atoms with E-state index < -0.39 is 12.0 Å². The van der Waals surface area contributed by atoms with Crippen LogP contribution in [0.15, 0.2) is 65.9 Å². The summed E-state index contributed by atoms with van der Waals surface area (Å²) in [5.41, 5.74) is 1.12. The minimum atomic E-state index is -0.830. The number of nitriles is 1. The van der Waals surface area contributed by atoms with Crippen LogP contribution in [0.4, 0.5) is 0 Å². The minimum Gasteiger partial charge on any atom is -0.487 e. The second kappa shape index (κ2) is 6.53. The highest BCUT2D eigenvalue weighted by Crippen LogP contribution is 2.48. The molecule has 30 heavy (non-hydrogen) atoms. The van der Waals surface area contributed by atoms with E-state index in [1.54, 1.807) is 0 Å². The Labute approximate surface area is 175 Å². The first-order chi connectivity index (χ1) is 14.4. The minimum absolute atomic E-state index is 0.0901. The number of rotatable bonds is 1. The molecule has 2 aliphatic rings. The highest BCUT2D eigenvalue weighted by atomic mass is 16.5. The Kier molecular flexibility index (Phi) is 4.04. The van der Waals surface area contributed by atoms with Gasteiger partial charge in [-0.05, 0) is 33.0 Å². The van der Waals surface area contributed by atoms with Gasteiger partial charge in [0.05, 0.1) is 17.4 Å². The first-order valence-corrected chi connectivity index (χ1v) is 10.2. The van der Waals surface area contributed by atoms with Gasteiger partial charge in [0.2, 0.25) is 0 Å². The molecule has 1 heterocycles. The van der Waals surface area contributed by atoms with Crippen LogP contribution in [-0.4, -0.2) is 11.5 Å². The molecule has 1 aliphatic carbocycles. The topological polar surface area (TPSA) is 73.9 Å². The lowest BCUT2D eigenvalue weighted by Gasteiger charge is -2.39. The van der Waals surface area contributed by atoms with Crippen LogP contribution in [0.5, 0.6) is 0 Å². The van der Waals surface area contributed by atoms with E-state index >= 15 is 0 Å². The van der Waals surface area contributed by atoms with Crippen molar-refractivity contribution in [1.82, 2.24) is 0 Å². The largest absolute Gasteiger partial charge is 0.487 e. The molecule has 1 N–H and O–H groups in total. The standard InChI is InChI=1S/C26H22N2O2/c1-26(2)12-20(29)23-21(13-26)30-25(19(14-27)24(23)28)22-17-9-5-3-7-15(17)11-16-8-4-6-10-18(16)22/h3-11,19,25,28H,12-13H2,1-2H3/t19?,25-/m1/s1. The van der Waals surface area contributed by atoms with Crippen LogP contribution in [0.1, 0.15) is 38.4 Å². The maximum absolute atomic E-state index is 12.8. The van der Waals surface area contributed by atoms with Gasteiger partial charge in [0, 0.05) is 18.4 Å². The first kappa shape index (κ1) is 18.6. The molecule has 148 valence electrons. The van der Waals surface area contributed by atoms with E-state index in [0.29, 0.717) is 24.2 Å². The van der Waals surface area contributed by atoms with Gasteiger partial charge in [-0.1, -0.05) is 62.4 Å². The summed E-state index contributed by atoms with van der Waals surface area (Å²) in [6.07, 6.45) is 0.338. The highest BCUT2D eigenvalue weighted by Gasteiger charge is 2.45. The predicted octanol–water partition coefficient (Wildman–Crippen LogP) is 5.87. The van der Waals surface area contributed by atoms with Crippen molar-refractivity contribution in [2.75, 3.05) is 0 Å². The number of carbonyl (C=O) groups excluding carboxylic acids is 1. The maximum atomic E-state index is 12.8. The number of fused-ring (bicyclic) bond motifs is 2. The number of nitrogens with one attached hydrogen (secondary N) is 1. The molecule has 4 nitrogen and oxygen atoms in total. The average Bonchev–Trinajstić information content (AvgIpc) is 2.70. The number of benzene rings is 3. The molecule has 1 aliphatic heterocycles. The van der Waals surface area contributed by atoms with E-state index in [0.717, 1.165) is 27.1 Å². The van der Waals surface area contributed by atoms with E-state index in [-0.39, 0.29) is 16.9 Å². The van der Waals surface area contributed by atoms with Gasteiger partial charge in [-0.3, -0.25) is 4.79 Å². The van der Waals surface area contributed by atoms with Crippen LogP contribution in [0.25, 0.3) is 21.5 Å². The van der Waals surface area contributed by atoms with Gasteiger partial charge in [-0.25, -0.2) is 0 Å². The second-order valence-corrected chi connectivity index (χ2v) is 9.03. The molecule has 0 saturated heterocycles. The molecule has 5 rings (SSSR count). The zero-order chi connectivity index (χ0) is 21.0. The normalized spacial score (nSPS) is 23.2. The van der Waals surface area contributed by atoms with Crippen LogP contribution >= 0.6 is 0 Å². The van der Waals surface area contributed by atoms with Gasteiger partial charge in [-0.15, -0.1) is 0 Å². The van der Waals surface area contributed by atoms with Gasteiger partial charge in [0.15, 0.2) is 5.78 Å². The fraction of sp³-hybridized carbons (Fsp3) is 0.269. The van der Waals surface area contributed by atoms with E-state index in [1.165, 1.54) is 0 Å². The molecule has 0 fully saturated rings. The average molecular weight is 394 g/mol. The SMILES string of the molecule is CC1(C)CC(=O)C2=C(C1)O[C@@H](c1c3ccccc3cc3ccccc13)C(C#N)C2=N. The lowest BCUT2D eigenvalue weighted by Crippen LogP contribution is -2.38. The Morgan fingerprint density at radius 3 is 2.23 bits per heavy atom. The van der Waals surface area contributed by atoms with Crippen LogP contribution in [-0.2, 0) is 9.53 Å². The quantitative estimate of drug-likeness (QED) is 0.525. The summed E-state index contributed by atoms with van der Waals surface area (Å²) in [6, 6.07) is 20.6. The van der Waals surface area contributed by atoms with Crippen LogP contribution in [0.3, 0.4) is 0 Å². The zero-order valence-electron chi connectivity index (χ0n) is 17.0. The molecule has 4 heteroatoms. The number of hydrogen-bond donors (Lipinski definition) is 1. The van der Waals surface area contributed by atoms with Crippen molar-refractivity contribution in [3.05, 3.63) is 71.5 Å². The Morgan fingerprint density at radius 1 is 1.03 bits per heavy atom. The van der Waals surface area contributed by atoms with Crippen LogP contribution in [0, 0.1) is 28.1 Å². The predicted molar refractivity (Wildman–Crippen MR) is 117 cm³/mol. The smallest absolute Gasteiger partial charge is 0.168 e. The van der Waals surface area contributed by atoms with Crippen LogP contribution in [0.2, 0.25) is 0 Å². The molecule has 0 saturated carbocycles. The third kappa shape index (κ3) is 2.74. The van der Waals surface area contributed by atoms with Gasteiger partial charge in [0.25, 0.3) is 0 Å². The molecule has 1 unspecified atom stereocenters. The molecule has 0 amide bonds. The molecule has 0 spiro atoms. The molecule has 0 bridgehead atoms.